The molecule has 0 aliphatic carbocycles. The summed E-state index contributed by atoms with van der Waals surface area (Å²) in [4.78, 5) is 9.81. The first-order valence-electron chi connectivity index (χ1n) is 22.4. The van der Waals surface area contributed by atoms with Crippen LogP contribution in [0.25, 0.3) is 94.0 Å². The van der Waals surface area contributed by atoms with Crippen molar-refractivity contribution < 1.29 is 24.5 Å². The van der Waals surface area contributed by atoms with E-state index in [1.165, 1.54) is 55.0 Å². The number of hydrogen-bond donors (Lipinski definition) is 0. The third-order valence-electron chi connectivity index (χ3n) is 12.4. The first-order valence-corrected chi connectivity index (χ1v) is 22.4. The summed E-state index contributed by atoms with van der Waals surface area (Å²) in [6, 6.07) is 64.4. The molecule has 0 unspecified atom stereocenters. The first-order chi connectivity index (χ1) is 31.0. The Morgan fingerprint density at radius 3 is 2.00 bits per heavy atom. The molecule has 11 rings (SSSR count). The van der Waals surface area contributed by atoms with Crippen molar-refractivity contribution in [3.63, 3.8) is 0 Å². The van der Waals surface area contributed by atoms with Crippen molar-refractivity contribution in [2.24, 2.45) is 0 Å². The van der Waals surface area contributed by atoms with E-state index in [0.29, 0.717) is 0 Å². The topological polar surface area (TPSA) is 43.9 Å². The zero-order chi connectivity index (χ0) is 44.1. The average molecular weight is 1020 g/mol. The summed E-state index contributed by atoms with van der Waals surface area (Å²) in [7, 11) is 0. The van der Waals surface area contributed by atoms with E-state index in [0.717, 1.165) is 55.6 Å². The maximum absolute atomic E-state index is 6.79. The van der Waals surface area contributed by atoms with Gasteiger partial charge in [-0.25, -0.2) is 0 Å². The predicted molar refractivity (Wildman–Crippen MR) is 268 cm³/mol. The van der Waals surface area contributed by atoms with Gasteiger partial charge in [-0.05, 0) is 109 Å². The molecule has 3 heterocycles. The molecule has 3 aromatic heterocycles. The molecule has 0 amide bonds. The number of nitrogens with zero attached hydrogens (tertiary/aromatic N) is 3. The third-order valence-corrected chi connectivity index (χ3v) is 12.4. The smallest absolute Gasteiger partial charge is 0.121 e. The number of rotatable bonds is 6. The molecule has 0 N–H and O–H groups in total. The van der Waals surface area contributed by atoms with Crippen LogP contribution in [-0.2, 0) is 25.5 Å². The Labute approximate surface area is 395 Å². The number of pyridine rings is 1. The Morgan fingerprint density at radius 2 is 1.29 bits per heavy atom. The largest absolute Gasteiger partial charge is 0.501 e. The van der Waals surface area contributed by atoms with Crippen molar-refractivity contribution in [1.82, 2.24) is 14.5 Å². The Hall–Kier alpha value is -6.65. The summed E-state index contributed by atoms with van der Waals surface area (Å²) in [6.45, 7) is 15.7. The van der Waals surface area contributed by atoms with Crippen LogP contribution in [0.4, 0.5) is 0 Å². The fourth-order valence-electron chi connectivity index (χ4n) is 8.99. The van der Waals surface area contributed by atoms with Gasteiger partial charge in [0.25, 0.3) is 0 Å². The van der Waals surface area contributed by atoms with Gasteiger partial charge >= 0.3 is 0 Å². The first kappa shape index (κ1) is 43.6. The van der Waals surface area contributed by atoms with Crippen LogP contribution >= 0.6 is 0 Å². The number of benzene rings is 8. The molecule has 0 saturated heterocycles. The third kappa shape index (κ3) is 8.20. The number of imidazole rings is 1. The van der Waals surface area contributed by atoms with E-state index in [4.69, 9.17) is 9.40 Å². The van der Waals surface area contributed by atoms with Crippen LogP contribution in [0, 0.1) is 12.1 Å². The van der Waals surface area contributed by atoms with E-state index >= 15 is 0 Å². The molecule has 0 fully saturated rings. The molecule has 5 heteroatoms. The molecular formula is C60H51IrN3O-2. The van der Waals surface area contributed by atoms with E-state index in [1.807, 2.05) is 36.5 Å². The van der Waals surface area contributed by atoms with Crippen molar-refractivity contribution in [3.05, 3.63) is 199 Å². The van der Waals surface area contributed by atoms with Gasteiger partial charge in [-0.1, -0.05) is 150 Å². The fraction of sp³-hybridized carbons (Fsp3) is 0.167. The molecule has 0 spiro atoms. The van der Waals surface area contributed by atoms with Gasteiger partial charge in [-0.3, -0.25) is 4.98 Å². The summed E-state index contributed by atoms with van der Waals surface area (Å²) in [6.07, 6.45) is 1.95. The molecule has 0 atom stereocenters. The number of fused-ring (bicyclic) bond motifs is 7. The molecule has 11 aromatic rings. The minimum Gasteiger partial charge on any atom is -0.501 e. The molecule has 8 aromatic carbocycles. The van der Waals surface area contributed by atoms with Crippen molar-refractivity contribution in [3.8, 4) is 39.5 Å². The van der Waals surface area contributed by atoms with Gasteiger partial charge in [0.1, 0.15) is 5.58 Å². The molecule has 0 aliphatic rings. The van der Waals surface area contributed by atoms with Crippen LogP contribution in [0.5, 0.6) is 0 Å². The van der Waals surface area contributed by atoms with Crippen LogP contribution < -0.4 is 0 Å². The van der Waals surface area contributed by atoms with Gasteiger partial charge in [-0.2, -0.15) is 0 Å². The molecular weight excluding hydrogens is 971 g/mol. The zero-order valence-electron chi connectivity index (χ0n) is 37.9. The quantitative estimate of drug-likeness (QED) is 0.123. The van der Waals surface area contributed by atoms with Crippen molar-refractivity contribution in [1.29, 1.82) is 0 Å². The Balaban J connectivity index is 0.000000266. The summed E-state index contributed by atoms with van der Waals surface area (Å²) in [5.41, 5.74) is 14.2. The number of para-hydroxylation sites is 2. The minimum atomic E-state index is 0. The predicted octanol–water partition coefficient (Wildman–Crippen LogP) is 16.5. The SMILES string of the molecule is CC(C)(C)c1ccc(-c2[c-]cccc2)nc1.CC(C)c1cc(-c2ccccc2)cc(C(C)C)c1-n1c(-c2[c-]ccc3c2oc2cc4ccc5ccccc5c4cc23)nc2ccccc21.[Ir]. The van der Waals surface area contributed by atoms with Gasteiger partial charge in [0.15, 0.2) is 0 Å². The summed E-state index contributed by atoms with van der Waals surface area (Å²) in [5, 5.41) is 7.05. The molecule has 0 saturated carbocycles. The van der Waals surface area contributed by atoms with Crippen LogP contribution in [0.15, 0.2) is 174 Å². The maximum atomic E-state index is 6.79. The second-order valence-electron chi connectivity index (χ2n) is 18.5. The van der Waals surface area contributed by atoms with Gasteiger partial charge < -0.3 is 14.0 Å². The zero-order valence-corrected chi connectivity index (χ0v) is 40.3. The molecule has 4 nitrogen and oxygen atoms in total. The minimum absolute atomic E-state index is 0. The number of aromatic nitrogens is 3. The van der Waals surface area contributed by atoms with Crippen LogP contribution in [0.2, 0.25) is 0 Å². The standard InChI is InChI=1S/C45H35N2O.C15H16N.Ir/c1-27(2)36-23-32(29-13-6-5-7-14-29)24-37(28(3)4)43(36)47-41-20-11-10-19-40(41)46-45(47)35-18-12-17-34-39-26-38-31(25-42(39)48-44(34)35)22-21-30-15-8-9-16-33(30)38;1-15(2,3)13-9-10-14(16-11-13)12-7-5-4-6-8-12;/h5-17,19-28H,1-4H3;4-7,9-11H,1-3H3;/q2*-1;. The van der Waals surface area contributed by atoms with Gasteiger partial charge in [0.2, 0.25) is 0 Å². The second-order valence-corrected chi connectivity index (χ2v) is 18.5. The van der Waals surface area contributed by atoms with E-state index in [-0.39, 0.29) is 37.4 Å². The van der Waals surface area contributed by atoms with Crippen LogP contribution in [0.1, 0.15) is 77.0 Å². The number of hydrogen-bond acceptors (Lipinski definition) is 3. The van der Waals surface area contributed by atoms with Crippen LogP contribution in [-0.4, -0.2) is 14.5 Å². The van der Waals surface area contributed by atoms with Crippen molar-refractivity contribution in [2.75, 3.05) is 0 Å². The molecule has 0 aliphatic heterocycles. The summed E-state index contributed by atoms with van der Waals surface area (Å²) >= 11 is 0. The van der Waals surface area contributed by atoms with E-state index in [2.05, 4.69) is 204 Å². The molecule has 65 heavy (non-hydrogen) atoms. The normalized spacial score (nSPS) is 11.8. The number of furan rings is 1. The van der Waals surface area contributed by atoms with Crippen molar-refractivity contribution in [2.45, 2.75) is 65.7 Å². The van der Waals surface area contributed by atoms with E-state index in [9.17, 15) is 0 Å². The van der Waals surface area contributed by atoms with E-state index in [1.54, 1.807) is 0 Å². The molecule has 1 radical (unpaired) electrons. The van der Waals surface area contributed by atoms with Gasteiger partial charge in [0.05, 0.1) is 22.4 Å². The summed E-state index contributed by atoms with van der Waals surface area (Å²) in [5.74, 6) is 1.40. The van der Waals surface area contributed by atoms with Gasteiger partial charge in [0, 0.05) is 37.4 Å². The summed E-state index contributed by atoms with van der Waals surface area (Å²) < 4.78 is 9.17. The van der Waals surface area contributed by atoms with Gasteiger partial charge in [-0.15, -0.1) is 54.1 Å². The Bertz CT molecular complexity index is 3440. The van der Waals surface area contributed by atoms with Crippen molar-refractivity contribution >= 4 is 54.5 Å². The van der Waals surface area contributed by atoms with E-state index < -0.39 is 0 Å². The maximum Gasteiger partial charge on any atom is 0.121 e. The average Bonchev–Trinajstić information content (AvgIpc) is 3.89. The molecule has 323 valence electrons. The van der Waals surface area contributed by atoms with Crippen LogP contribution in [0.3, 0.4) is 0 Å². The fourth-order valence-corrected chi connectivity index (χ4v) is 8.99. The molecule has 0 bridgehead atoms. The Morgan fingerprint density at radius 1 is 0.585 bits per heavy atom. The Kier molecular flexibility index (Phi) is 11.9. The monoisotopic (exact) mass is 1020 g/mol. The second kappa shape index (κ2) is 17.7.